The molecule has 1 atom stereocenters. The Bertz CT molecular complexity index is 610. The second kappa shape index (κ2) is 6.38. The van der Waals surface area contributed by atoms with Crippen molar-refractivity contribution >= 4 is 11.6 Å². The SMILES string of the molecule is Cc1ccc(C(C)NCc2ccc(F)cc2Cl)c(C)c1. The lowest BCUT2D eigenvalue weighted by atomic mass is 10.00. The largest absolute Gasteiger partial charge is 0.306 e. The Kier molecular flexibility index (Phi) is 4.79. The van der Waals surface area contributed by atoms with Crippen LogP contribution >= 0.6 is 11.6 Å². The molecule has 0 fully saturated rings. The number of nitrogens with one attached hydrogen (secondary N) is 1. The molecule has 1 N–H and O–H groups in total. The fraction of sp³-hybridized carbons (Fsp3) is 0.294. The molecule has 2 rings (SSSR count). The molecular weight excluding hydrogens is 273 g/mol. The van der Waals surface area contributed by atoms with Crippen LogP contribution in [0, 0.1) is 19.7 Å². The van der Waals surface area contributed by atoms with Crippen LogP contribution in [0.1, 0.15) is 35.2 Å². The van der Waals surface area contributed by atoms with E-state index in [1.54, 1.807) is 6.07 Å². The van der Waals surface area contributed by atoms with Crippen LogP contribution < -0.4 is 5.32 Å². The first kappa shape index (κ1) is 15.0. The van der Waals surface area contributed by atoms with Gasteiger partial charge >= 0.3 is 0 Å². The van der Waals surface area contributed by atoms with E-state index in [1.165, 1.54) is 28.8 Å². The molecule has 0 aliphatic rings. The Labute approximate surface area is 124 Å². The monoisotopic (exact) mass is 291 g/mol. The van der Waals surface area contributed by atoms with E-state index >= 15 is 0 Å². The summed E-state index contributed by atoms with van der Waals surface area (Å²) in [5, 5.41) is 3.89. The highest BCUT2D eigenvalue weighted by Gasteiger charge is 2.09. The average Bonchev–Trinajstić information content (AvgIpc) is 2.37. The minimum absolute atomic E-state index is 0.219. The van der Waals surface area contributed by atoms with Crippen LogP contribution in [-0.4, -0.2) is 0 Å². The Hall–Kier alpha value is -1.38. The minimum Gasteiger partial charge on any atom is -0.306 e. The lowest BCUT2D eigenvalue weighted by Crippen LogP contribution is -2.19. The fourth-order valence-electron chi connectivity index (χ4n) is 2.35. The van der Waals surface area contributed by atoms with Gasteiger partial charge in [0, 0.05) is 17.6 Å². The molecule has 0 radical (unpaired) electrons. The lowest BCUT2D eigenvalue weighted by molar-refractivity contribution is 0.570. The maximum absolute atomic E-state index is 13.0. The van der Waals surface area contributed by atoms with Gasteiger partial charge in [-0.2, -0.15) is 0 Å². The zero-order valence-electron chi connectivity index (χ0n) is 12.0. The summed E-state index contributed by atoms with van der Waals surface area (Å²) in [5.41, 5.74) is 4.72. The predicted octanol–water partition coefficient (Wildman–Crippen LogP) is 4.95. The quantitative estimate of drug-likeness (QED) is 0.841. The zero-order chi connectivity index (χ0) is 14.7. The van der Waals surface area contributed by atoms with E-state index in [9.17, 15) is 4.39 Å². The molecule has 2 aromatic rings. The first-order valence-electron chi connectivity index (χ1n) is 6.72. The highest BCUT2D eigenvalue weighted by Crippen LogP contribution is 2.21. The number of benzene rings is 2. The predicted molar refractivity (Wildman–Crippen MR) is 82.6 cm³/mol. The molecule has 0 aliphatic carbocycles. The van der Waals surface area contributed by atoms with E-state index < -0.39 is 0 Å². The van der Waals surface area contributed by atoms with Gasteiger partial charge in [0.1, 0.15) is 5.82 Å². The van der Waals surface area contributed by atoms with Crippen molar-refractivity contribution in [3.05, 3.63) is 69.5 Å². The summed E-state index contributed by atoms with van der Waals surface area (Å²) < 4.78 is 13.0. The number of aryl methyl sites for hydroxylation is 2. The van der Waals surface area contributed by atoms with E-state index in [0.717, 1.165) is 5.56 Å². The van der Waals surface area contributed by atoms with Crippen LogP contribution in [-0.2, 0) is 6.54 Å². The third-order valence-electron chi connectivity index (χ3n) is 3.51. The Morgan fingerprint density at radius 2 is 1.90 bits per heavy atom. The van der Waals surface area contributed by atoms with Crippen LogP contribution in [0.25, 0.3) is 0 Å². The van der Waals surface area contributed by atoms with Gasteiger partial charge in [0.25, 0.3) is 0 Å². The van der Waals surface area contributed by atoms with Gasteiger partial charge in [0.15, 0.2) is 0 Å². The molecule has 2 aromatic carbocycles. The van der Waals surface area contributed by atoms with Gasteiger partial charge in [-0.3, -0.25) is 0 Å². The summed E-state index contributed by atoms with van der Waals surface area (Å²) in [6.07, 6.45) is 0. The average molecular weight is 292 g/mol. The van der Waals surface area contributed by atoms with E-state index in [1.807, 2.05) is 0 Å². The van der Waals surface area contributed by atoms with Crippen molar-refractivity contribution in [2.45, 2.75) is 33.4 Å². The summed E-state index contributed by atoms with van der Waals surface area (Å²) in [4.78, 5) is 0. The van der Waals surface area contributed by atoms with Crippen LogP contribution in [0.15, 0.2) is 36.4 Å². The summed E-state index contributed by atoms with van der Waals surface area (Å²) in [6.45, 7) is 6.95. The van der Waals surface area contributed by atoms with Crippen molar-refractivity contribution in [1.82, 2.24) is 5.32 Å². The molecule has 3 heteroatoms. The van der Waals surface area contributed by atoms with E-state index in [4.69, 9.17) is 11.6 Å². The number of hydrogen-bond donors (Lipinski definition) is 1. The van der Waals surface area contributed by atoms with Crippen LogP contribution in [0.3, 0.4) is 0 Å². The molecule has 0 amide bonds. The maximum atomic E-state index is 13.0. The molecule has 1 unspecified atom stereocenters. The Morgan fingerprint density at radius 3 is 2.55 bits per heavy atom. The van der Waals surface area contributed by atoms with Crippen molar-refractivity contribution in [2.24, 2.45) is 0 Å². The molecule has 20 heavy (non-hydrogen) atoms. The summed E-state index contributed by atoms with van der Waals surface area (Å²) in [7, 11) is 0. The lowest BCUT2D eigenvalue weighted by Gasteiger charge is -2.17. The van der Waals surface area contributed by atoms with Crippen molar-refractivity contribution in [1.29, 1.82) is 0 Å². The van der Waals surface area contributed by atoms with Crippen LogP contribution in [0.2, 0.25) is 5.02 Å². The van der Waals surface area contributed by atoms with E-state index in [-0.39, 0.29) is 11.9 Å². The van der Waals surface area contributed by atoms with Gasteiger partial charge in [-0.25, -0.2) is 4.39 Å². The van der Waals surface area contributed by atoms with Gasteiger partial charge in [-0.1, -0.05) is 41.4 Å². The molecule has 0 saturated carbocycles. The molecule has 106 valence electrons. The molecular formula is C17H19ClFN. The van der Waals surface area contributed by atoms with Crippen molar-refractivity contribution < 1.29 is 4.39 Å². The van der Waals surface area contributed by atoms with Crippen molar-refractivity contribution in [3.63, 3.8) is 0 Å². The standard InChI is InChI=1S/C17H19ClFN/c1-11-4-7-16(12(2)8-11)13(3)20-10-14-5-6-15(19)9-17(14)18/h4-9,13,20H,10H2,1-3H3. The van der Waals surface area contributed by atoms with E-state index in [0.29, 0.717) is 11.6 Å². The normalized spacial score (nSPS) is 12.4. The number of halogens is 2. The van der Waals surface area contributed by atoms with Crippen LogP contribution in [0.5, 0.6) is 0 Å². The first-order valence-corrected chi connectivity index (χ1v) is 7.09. The van der Waals surface area contributed by atoms with Crippen LogP contribution in [0.4, 0.5) is 4.39 Å². The van der Waals surface area contributed by atoms with Gasteiger partial charge < -0.3 is 5.32 Å². The van der Waals surface area contributed by atoms with Gasteiger partial charge in [-0.05, 0) is 49.6 Å². The smallest absolute Gasteiger partial charge is 0.124 e. The molecule has 0 bridgehead atoms. The maximum Gasteiger partial charge on any atom is 0.124 e. The molecule has 0 aromatic heterocycles. The third kappa shape index (κ3) is 3.59. The molecule has 0 saturated heterocycles. The highest BCUT2D eigenvalue weighted by atomic mass is 35.5. The summed E-state index contributed by atoms with van der Waals surface area (Å²) in [5.74, 6) is -0.304. The van der Waals surface area contributed by atoms with Gasteiger partial charge in [0.05, 0.1) is 0 Å². The number of rotatable bonds is 4. The topological polar surface area (TPSA) is 12.0 Å². The molecule has 1 nitrogen and oxygen atoms in total. The Morgan fingerprint density at radius 1 is 1.15 bits per heavy atom. The van der Waals surface area contributed by atoms with Gasteiger partial charge in [-0.15, -0.1) is 0 Å². The zero-order valence-corrected chi connectivity index (χ0v) is 12.8. The van der Waals surface area contributed by atoms with Crippen molar-refractivity contribution in [2.75, 3.05) is 0 Å². The Balaban J connectivity index is 2.06. The second-order valence-electron chi connectivity index (χ2n) is 5.20. The molecule has 0 aliphatic heterocycles. The summed E-state index contributed by atoms with van der Waals surface area (Å²) >= 11 is 6.03. The molecule has 0 spiro atoms. The third-order valence-corrected chi connectivity index (χ3v) is 3.86. The molecule has 0 heterocycles. The fourth-order valence-corrected chi connectivity index (χ4v) is 2.58. The van der Waals surface area contributed by atoms with Crippen molar-refractivity contribution in [3.8, 4) is 0 Å². The first-order chi connectivity index (χ1) is 9.47. The van der Waals surface area contributed by atoms with E-state index in [2.05, 4.69) is 44.3 Å². The number of hydrogen-bond acceptors (Lipinski definition) is 1. The minimum atomic E-state index is -0.304. The second-order valence-corrected chi connectivity index (χ2v) is 5.61. The summed E-state index contributed by atoms with van der Waals surface area (Å²) in [6, 6.07) is 11.2. The highest BCUT2D eigenvalue weighted by molar-refractivity contribution is 6.31. The van der Waals surface area contributed by atoms with Gasteiger partial charge in [0.2, 0.25) is 0 Å².